The average Bonchev–Trinajstić information content (AvgIpc) is 1.04. The van der Waals surface area contributed by atoms with Gasteiger partial charge in [-0.1, -0.05) is 0 Å². The molecule has 0 rings (SSSR count). The van der Waals surface area contributed by atoms with Crippen molar-refractivity contribution < 1.29 is 39.6 Å². The maximum absolute atomic E-state index is 10.7. The molecule has 0 saturated heterocycles. The number of hydrogen-bond donors (Lipinski definition) is 1. The van der Waals surface area contributed by atoms with Crippen LogP contribution in [0.15, 0.2) is 0 Å². The van der Waals surface area contributed by atoms with Gasteiger partial charge in [-0.3, -0.25) is 4.55 Å². The Kier molecular flexibility index (Phi) is 2.96. The van der Waals surface area contributed by atoms with E-state index < -0.39 is 17.9 Å². The van der Waals surface area contributed by atoms with E-state index in [1.807, 2.05) is 0 Å². The molecule has 0 fully saturated rings. The molecule has 11 heteroatoms. The zero-order valence-electron chi connectivity index (χ0n) is 6.39. The van der Waals surface area contributed by atoms with Gasteiger partial charge in [-0.15, -0.1) is 0 Å². The quantitative estimate of drug-likeness (QED) is 0.403. The van der Waals surface area contributed by atoms with Crippen LogP contribution in [0.5, 0.6) is 0 Å². The molecule has 0 atom stereocenters. The second-order valence-corrected chi connectivity index (χ2v) is 5.07. The Balaban J connectivity index is -0.000000150. The topological polar surface area (TPSA) is 54.4 Å². The maximum Gasteiger partial charge on any atom is 1.00 e. The molecule has 0 aromatic heterocycles. The largest absolute Gasteiger partial charge is 1.00 e. The van der Waals surface area contributed by atoms with E-state index in [9.17, 15) is 33.6 Å². The van der Waals surface area contributed by atoms with Gasteiger partial charge in [0.1, 0.15) is 0 Å². The van der Waals surface area contributed by atoms with Crippen molar-refractivity contribution in [3.63, 3.8) is 0 Å². The predicted octanol–water partition coefficient (Wildman–Crippen LogP) is 3.00. The Bertz CT molecular complexity index is 230. The minimum absolute atomic E-state index is 0. The fourth-order valence-electron chi connectivity index (χ4n) is 0. The van der Waals surface area contributed by atoms with E-state index in [0.29, 0.717) is 6.26 Å². The van der Waals surface area contributed by atoms with Gasteiger partial charge in [0.2, 0.25) is 0 Å². The van der Waals surface area contributed by atoms with E-state index in [1.54, 1.807) is 0 Å². The van der Waals surface area contributed by atoms with Crippen LogP contribution < -0.4 is 0 Å². The van der Waals surface area contributed by atoms with Gasteiger partial charge in [0.15, 0.2) is 0 Å². The van der Waals surface area contributed by atoms with Crippen LogP contribution in [0.3, 0.4) is 0 Å². The third-order valence-electron chi connectivity index (χ3n) is 0. The molecule has 0 bridgehead atoms. The number of halogens is 6. The van der Waals surface area contributed by atoms with Crippen molar-refractivity contribution in [1.82, 2.24) is 0 Å². The summed E-state index contributed by atoms with van der Waals surface area (Å²) < 4.78 is 85.1. The first-order valence-corrected chi connectivity index (χ1v) is 5.82. The molecule has 0 saturated carbocycles. The van der Waals surface area contributed by atoms with Crippen LogP contribution in [0.4, 0.5) is 25.2 Å². The standard InChI is InChI=1S/CH4O3S.F6P/c1-5(2,3)4;1-7(2,3,4,5)6/h1H3,(H,2,3,4);/q;-1/p+1. The van der Waals surface area contributed by atoms with Gasteiger partial charge in [-0.05, 0) is 0 Å². The molecule has 0 aliphatic carbocycles. The van der Waals surface area contributed by atoms with E-state index in [1.165, 1.54) is 0 Å². The second kappa shape index (κ2) is 2.46. The van der Waals surface area contributed by atoms with E-state index in [-0.39, 0.29) is 1.43 Å². The molecule has 12 heavy (non-hydrogen) atoms. The SMILES string of the molecule is CS(=O)(=O)O.F[P-](F)(F)(F)(F)F.[H+]. The van der Waals surface area contributed by atoms with Crippen LogP contribution in [0.1, 0.15) is 1.43 Å². The van der Waals surface area contributed by atoms with Crippen LogP contribution in [-0.2, 0) is 10.1 Å². The van der Waals surface area contributed by atoms with Gasteiger partial charge in [0, 0.05) is 0 Å². The number of hydrogen-bond acceptors (Lipinski definition) is 2. The number of rotatable bonds is 0. The van der Waals surface area contributed by atoms with Gasteiger partial charge in [0.05, 0.1) is 6.26 Å². The van der Waals surface area contributed by atoms with E-state index in [2.05, 4.69) is 0 Å². The average molecular weight is 242 g/mol. The Morgan fingerprint density at radius 1 is 1.08 bits per heavy atom. The molecule has 0 amide bonds. The van der Waals surface area contributed by atoms with Crippen molar-refractivity contribution >= 4 is 17.9 Å². The third kappa shape index (κ3) is 123000. The van der Waals surface area contributed by atoms with Crippen molar-refractivity contribution in [2.45, 2.75) is 0 Å². The summed E-state index contributed by atoms with van der Waals surface area (Å²) >= 11 is 0. The van der Waals surface area contributed by atoms with Crippen LogP contribution >= 0.6 is 7.81 Å². The molecule has 0 spiro atoms. The molecule has 0 unspecified atom stereocenters. The first kappa shape index (κ1) is 14.4. The van der Waals surface area contributed by atoms with Crippen LogP contribution in [0, 0.1) is 0 Å². The molecule has 80 valence electrons. The molecule has 0 radical (unpaired) electrons. The predicted molar refractivity (Wildman–Crippen MR) is 32.2 cm³/mol. The van der Waals surface area contributed by atoms with Crippen molar-refractivity contribution in [3.8, 4) is 0 Å². The second-order valence-electron chi connectivity index (χ2n) is 1.69. The fourth-order valence-corrected chi connectivity index (χ4v) is 0. The molecule has 0 aliphatic heterocycles. The normalized spacial score (nSPS) is 18.3. The monoisotopic (exact) mass is 242 g/mol. The summed E-state index contributed by atoms with van der Waals surface area (Å²) in [5.74, 6) is 0. The van der Waals surface area contributed by atoms with E-state index in [4.69, 9.17) is 4.55 Å². The fraction of sp³-hybridized carbons (Fsp3) is 1.00. The summed E-state index contributed by atoms with van der Waals surface area (Å²) in [6.07, 6.45) is 0.715. The first-order valence-electron chi connectivity index (χ1n) is 1.94. The molecule has 1 N–H and O–H groups in total. The smallest absolute Gasteiger partial charge is 1.00 e. The van der Waals surface area contributed by atoms with Gasteiger partial charge in [0.25, 0.3) is 10.1 Å². The van der Waals surface area contributed by atoms with Gasteiger partial charge in [-0.2, -0.15) is 8.42 Å². The van der Waals surface area contributed by atoms with Gasteiger partial charge < -0.3 is 0 Å². The Morgan fingerprint density at radius 3 is 1.08 bits per heavy atom. The summed E-state index contributed by atoms with van der Waals surface area (Å²) in [5, 5.41) is 0. The minimum Gasteiger partial charge on any atom is 1.00 e. The summed E-state index contributed by atoms with van der Waals surface area (Å²) in [7, 11) is -14.3. The van der Waals surface area contributed by atoms with Crippen molar-refractivity contribution in [3.05, 3.63) is 0 Å². The maximum atomic E-state index is 9.87. The minimum atomic E-state index is -10.7. The molecular weight excluding hydrogens is 237 g/mol. The summed E-state index contributed by atoms with van der Waals surface area (Å²) in [6.45, 7) is 0. The first-order chi connectivity index (χ1) is 4.45. The Morgan fingerprint density at radius 2 is 1.08 bits per heavy atom. The molecule has 0 heterocycles. The molecule has 0 aliphatic rings. The van der Waals surface area contributed by atoms with Crippen LogP contribution in [-0.4, -0.2) is 19.2 Å². The third-order valence-corrected chi connectivity index (χ3v) is 0. The summed E-state index contributed by atoms with van der Waals surface area (Å²) in [4.78, 5) is 0. The van der Waals surface area contributed by atoms with Gasteiger partial charge >= 0.3 is 34.4 Å². The zero-order valence-corrected chi connectivity index (χ0v) is 7.10. The molecule has 0 aromatic rings. The Labute approximate surface area is 64.8 Å². The summed E-state index contributed by atoms with van der Waals surface area (Å²) in [5.41, 5.74) is 0. The zero-order chi connectivity index (χ0) is 10.9. The van der Waals surface area contributed by atoms with Crippen LogP contribution in [0.2, 0.25) is 0 Å². The summed E-state index contributed by atoms with van der Waals surface area (Å²) in [6, 6.07) is 0. The van der Waals surface area contributed by atoms with Gasteiger partial charge in [-0.25, -0.2) is 0 Å². The Hall–Kier alpha value is -0.0800. The molecule has 0 aromatic carbocycles. The van der Waals surface area contributed by atoms with Crippen molar-refractivity contribution in [2.24, 2.45) is 0 Å². The van der Waals surface area contributed by atoms with Crippen molar-refractivity contribution in [2.75, 3.05) is 6.26 Å². The molecular formula is CH5F6O3PS. The van der Waals surface area contributed by atoms with Crippen LogP contribution in [0.25, 0.3) is 0 Å². The van der Waals surface area contributed by atoms with E-state index in [0.717, 1.165) is 0 Å². The van der Waals surface area contributed by atoms with E-state index >= 15 is 0 Å². The molecule has 3 nitrogen and oxygen atoms in total. The van der Waals surface area contributed by atoms with Crippen molar-refractivity contribution in [1.29, 1.82) is 0 Å².